The van der Waals surface area contributed by atoms with Gasteiger partial charge in [0, 0.05) is 11.3 Å². The molecule has 1 aromatic carbocycles. The molecule has 0 aliphatic rings. The van der Waals surface area contributed by atoms with Crippen molar-refractivity contribution in [1.29, 1.82) is 0 Å². The van der Waals surface area contributed by atoms with Crippen LogP contribution in [0.4, 0.5) is 18.9 Å². The van der Waals surface area contributed by atoms with Crippen LogP contribution in [0.3, 0.4) is 0 Å². The van der Waals surface area contributed by atoms with Gasteiger partial charge in [-0.05, 0) is 18.6 Å². The predicted molar refractivity (Wildman–Crippen MR) is 46.6 cm³/mol. The molecule has 0 aliphatic carbocycles. The van der Waals surface area contributed by atoms with Crippen molar-refractivity contribution in [3.8, 4) is 0 Å². The van der Waals surface area contributed by atoms with E-state index in [1.54, 1.807) is 6.92 Å². The third-order valence-corrected chi connectivity index (χ3v) is 1.85. The fourth-order valence-electron chi connectivity index (χ4n) is 1.12. The Bertz CT molecular complexity index is 335. The number of hydrogen-bond donors (Lipinski definition) is 2. The van der Waals surface area contributed by atoms with Crippen molar-refractivity contribution in [2.75, 3.05) is 5.73 Å². The smallest absolute Gasteiger partial charge is 0.398 e. The first-order chi connectivity index (χ1) is 6.32. The number of anilines is 1. The van der Waals surface area contributed by atoms with Crippen LogP contribution in [0.15, 0.2) is 18.2 Å². The minimum absolute atomic E-state index is 0.0465. The number of nitrogens with two attached hydrogens (primary N) is 1. The number of aryl methyl sites for hydroxylation is 1. The summed E-state index contributed by atoms with van der Waals surface area (Å²) in [5, 5.41) is 8.92. The van der Waals surface area contributed by atoms with Crippen LogP contribution in [-0.4, -0.2) is 11.3 Å². The number of aliphatic hydroxyl groups excluding tert-OH is 1. The lowest BCUT2D eigenvalue weighted by molar-refractivity contribution is -0.206. The normalized spacial score (nSPS) is 14.1. The lowest BCUT2D eigenvalue weighted by Gasteiger charge is -2.16. The van der Waals surface area contributed by atoms with Crippen molar-refractivity contribution in [1.82, 2.24) is 0 Å². The first kappa shape index (κ1) is 10.8. The fourth-order valence-corrected chi connectivity index (χ4v) is 1.12. The highest BCUT2D eigenvalue weighted by molar-refractivity contribution is 5.50. The molecule has 0 aromatic heterocycles. The van der Waals surface area contributed by atoms with Gasteiger partial charge in [-0.2, -0.15) is 13.2 Å². The topological polar surface area (TPSA) is 46.2 Å². The molecule has 0 fully saturated rings. The van der Waals surface area contributed by atoms with Crippen LogP contribution in [0.25, 0.3) is 0 Å². The molecular weight excluding hydrogens is 195 g/mol. The lowest BCUT2D eigenvalue weighted by Crippen LogP contribution is -2.21. The standard InChI is InChI=1S/C9H10F3NO/c1-5-2-3-6(7(13)4-5)8(14)9(10,11)12/h2-4,8,14H,13H2,1H3. The summed E-state index contributed by atoms with van der Waals surface area (Å²) >= 11 is 0. The molecule has 1 rings (SSSR count). The van der Waals surface area contributed by atoms with Crippen molar-refractivity contribution in [2.45, 2.75) is 19.2 Å². The van der Waals surface area contributed by atoms with Gasteiger partial charge in [-0.15, -0.1) is 0 Å². The third-order valence-electron chi connectivity index (χ3n) is 1.85. The summed E-state index contributed by atoms with van der Waals surface area (Å²) in [6.07, 6.45) is -7.19. The number of alkyl halides is 3. The summed E-state index contributed by atoms with van der Waals surface area (Å²) < 4.78 is 36.3. The summed E-state index contributed by atoms with van der Waals surface area (Å²) in [5.74, 6) is 0. The number of benzene rings is 1. The van der Waals surface area contributed by atoms with E-state index >= 15 is 0 Å². The Morgan fingerprint density at radius 2 is 1.93 bits per heavy atom. The predicted octanol–water partition coefficient (Wildman–Crippen LogP) is 2.17. The summed E-state index contributed by atoms with van der Waals surface area (Å²) in [7, 11) is 0. The zero-order valence-electron chi connectivity index (χ0n) is 7.47. The molecule has 0 saturated heterocycles. The van der Waals surface area contributed by atoms with Gasteiger partial charge in [0.1, 0.15) is 0 Å². The molecule has 0 amide bonds. The van der Waals surface area contributed by atoms with Gasteiger partial charge in [-0.25, -0.2) is 0 Å². The van der Waals surface area contributed by atoms with E-state index in [4.69, 9.17) is 10.8 Å². The molecule has 3 N–H and O–H groups in total. The number of nitrogen functional groups attached to an aromatic ring is 1. The van der Waals surface area contributed by atoms with E-state index in [0.29, 0.717) is 0 Å². The maximum atomic E-state index is 12.1. The largest absolute Gasteiger partial charge is 0.418 e. The minimum atomic E-state index is -4.68. The summed E-state index contributed by atoms with van der Waals surface area (Å²) in [6, 6.07) is 4.05. The van der Waals surface area contributed by atoms with Gasteiger partial charge in [0.2, 0.25) is 0 Å². The number of rotatable bonds is 1. The Hall–Kier alpha value is -1.23. The van der Waals surface area contributed by atoms with Crippen molar-refractivity contribution in [2.24, 2.45) is 0 Å². The van der Waals surface area contributed by atoms with E-state index in [2.05, 4.69) is 0 Å². The SMILES string of the molecule is Cc1ccc(C(O)C(F)(F)F)c(N)c1. The maximum Gasteiger partial charge on any atom is 0.418 e. The average Bonchev–Trinajstić information content (AvgIpc) is 2.01. The van der Waals surface area contributed by atoms with Crippen LogP contribution in [0.1, 0.15) is 17.2 Å². The number of halogens is 3. The van der Waals surface area contributed by atoms with Gasteiger partial charge in [0.05, 0.1) is 0 Å². The van der Waals surface area contributed by atoms with Crippen molar-refractivity contribution in [3.63, 3.8) is 0 Å². The van der Waals surface area contributed by atoms with Crippen LogP contribution in [0.2, 0.25) is 0 Å². The Balaban J connectivity index is 3.08. The van der Waals surface area contributed by atoms with Crippen LogP contribution < -0.4 is 5.73 Å². The van der Waals surface area contributed by atoms with Gasteiger partial charge in [-0.3, -0.25) is 0 Å². The Morgan fingerprint density at radius 1 is 1.36 bits per heavy atom. The molecule has 0 heterocycles. The van der Waals surface area contributed by atoms with Crippen molar-refractivity contribution in [3.05, 3.63) is 29.3 Å². The van der Waals surface area contributed by atoms with E-state index < -0.39 is 12.3 Å². The van der Waals surface area contributed by atoms with Crippen LogP contribution in [0, 0.1) is 6.92 Å². The van der Waals surface area contributed by atoms with Gasteiger partial charge >= 0.3 is 6.18 Å². The molecule has 0 radical (unpaired) electrons. The molecule has 78 valence electrons. The summed E-state index contributed by atoms with van der Waals surface area (Å²) in [5.41, 5.74) is 5.76. The van der Waals surface area contributed by atoms with E-state index in [1.165, 1.54) is 18.2 Å². The van der Waals surface area contributed by atoms with Crippen LogP contribution in [0.5, 0.6) is 0 Å². The number of hydrogen-bond acceptors (Lipinski definition) is 2. The van der Waals surface area contributed by atoms with E-state index in [-0.39, 0.29) is 11.3 Å². The minimum Gasteiger partial charge on any atom is -0.398 e. The summed E-state index contributed by atoms with van der Waals surface area (Å²) in [4.78, 5) is 0. The van der Waals surface area contributed by atoms with Crippen LogP contribution >= 0.6 is 0 Å². The maximum absolute atomic E-state index is 12.1. The Labute approximate surface area is 79.2 Å². The zero-order valence-corrected chi connectivity index (χ0v) is 7.47. The fraction of sp³-hybridized carbons (Fsp3) is 0.333. The molecule has 14 heavy (non-hydrogen) atoms. The van der Waals surface area contributed by atoms with Crippen molar-refractivity contribution < 1.29 is 18.3 Å². The summed E-state index contributed by atoms with van der Waals surface area (Å²) in [6.45, 7) is 1.71. The molecule has 0 bridgehead atoms. The monoisotopic (exact) mass is 205 g/mol. The molecule has 1 atom stereocenters. The quantitative estimate of drug-likeness (QED) is 0.690. The van der Waals surface area contributed by atoms with E-state index in [9.17, 15) is 13.2 Å². The number of aliphatic hydroxyl groups is 1. The highest BCUT2D eigenvalue weighted by atomic mass is 19.4. The zero-order chi connectivity index (χ0) is 10.9. The van der Waals surface area contributed by atoms with Gasteiger partial charge in [0.15, 0.2) is 6.10 Å². The van der Waals surface area contributed by atoms with Gasteiger partial charge in [0.25, 0.3) is 0 Å². The van der Waals surface area contributed by atoms with Gasteiger partial charge < -0.3 is 10.8 Å². The third kappa shape index (κ3) is 2.17. The lowest BCUT2D eigenvalue weighted by atomic mass is 10.0. The Kier molecular flexibility index (Phi) is 2.71. The highest BCUT2D eigenvalue weighted by Crippen LogP contribution is 2.35. The van der Waals surface area contributed by atoms with E-state index in [0.717, 1.165) is 5.56 Å². The molecule has 1 unspecified atom stereocenters. The van der Waals surface area contributed by atoms with Crippen molar-refractivity contribution >= 4 is 5.69 Å². The molecule has 1 aromatic rings. The molecule has 0 aliphatic heterocycles. The second-order valence-electron chi connectivity index (χ2n) is 3.08. The molecule has 0 saturated carbocycles. The first-order valence-electron chi connectivity index (χ1n) is 3.93. The Morgan fingerprint density at radius 3 is 2.36 bits per heavy atom. The molecular formula is C9H10F3NO. The average molecular weight is 205 g/mol. The first-order valence-corrected chi connectivity index (χ1v) is 3.93. The van der Waals surface area contributed by atoms with E-state index in [1.807, 2.05) is 0 Å². The second-order valence-corrected chi connectivity index (χ2v) is 3.08. The molecule has 0 spiro atoms. The molecule has 5 heteroatoms. The van der Waals surface area contributed by atoms with Gasteiger partial charge in [-0.1, -0.05) is 12.1 Å². The van der Waals surface area contributed by atoms with Crippen LogP contribution in [-0.2, 0) is 0 Å². The highest BCUT2D eigenvalue weighted by Gasteiger charge is 2.40. The second kappa shape index (κ2) is 3.49. The molecule has 2 nitrogen and oxygen atoms in total.